The Labute approximate surface area is 147 Å². The average Bonchev–Trinajstić information content (AvgIpc) is 2.54. The molecular formula is C17H14ClF3N2O2. The second-order valence-corrected chi connectivity index (χ2v) is 6.17. The molecule has 132 valence electrons. The minimum absolute atomic E-state index is 0.175. The van der Waals surface area contributed by atoms with E-state index in [-0.39, 0.29) is 10.7 Å². The summed E-state index contributed by atoms with van der Waals surface area (Å²) in [7, 11) is 0. The highest BCUT2D eigenvalue weighted by atomic mass is 35.5. The molecule has 2 rings (SSSR count). The van der Waals surface area contributed by atoms with Crippen molar-refractivity contribution in [2.24, 2.45) is 5.41 Å². The highest BCUT2D eigenvalue weighted by Crippen LogP contribution is 2.26. The Balaban J connectivity index is 2.17. The molecule has 0 saturated heterocycles. The third kappa shape index (κ3) is 4.11. The molecule has 0 fully saturated rings. The number of rotatable bonds is 4. The first kappa shape index (κ1) is 18.8. The number of carbonyl (C=O) groups is 2. The number of hydrogen-bond acceptors (Lipinski definition) is 2. The smallest absolute Gasteiger partial charge is 0.239 e. The molecule has 0 spiro atoms. The van der Waals surface area contributed by atoms with E-state index in [1.54, 1.807) is 0 Å². The molecule has 2 aromatic carbocycles. The highest BCUT2D eigenvalue weighted by Gasteiger charge is 2.37. The predicted octanol–water partition coefficient (Wildman–Crippen LogP) is 4.36. The lowest BCUT2D eigenvalue weighted by Crippen LogP contribution is -2.42. The molecule has 0 bridgehead atoms. The van der Waals surface area contributed by atoms with Gasteiger partial charge in [0.15, 0.2) is 0 Å². The Hall–Kier alpha value is -2.54. The van der Waals surface area contributed by atoms with Crippen molar-refractivity contribution in [3.63, 3.8) is 0 Å². The standard InChI is InChI=1S/C17H14ClF3N2O2/c1-17(2,15(24)22-9-6-7-11(19)10(18)8-9)16(25)23-14-12(20)4-3-5-13(14)21/h3-8H,1-2H3,(H,22,24)(H,23,25). The van der Waals surface area contributed by atoms with E-state index in [4.69, 9.17) is 11.6 Å². The van der Waals surface area contributed by atoms with Crippen molar-refractivity contribution in [2.75, 3.05) is 10.6 Å². The molecular weight excluding hydrogens is 357 g/mol. The first-order valence-electron chi connectivity index (χ1n) is 7.15. The lowest BCUT2D eigenvalue weighted by Gasteiger charge is -2.23. The molecule has 0 aliphatic rings. The third-order valence-electron chi connectivity index (χ3n) is 3.51. The zero-order valence-electron chi connectivity index (χ0n) is 13.3. The van der Waals surface area contributed by atoms with Crippen LogP contribution in [0, 0.1) is 22.9 Å². The Bertz CT molecular complexity index is 820. The SMILES string of the molecule is CC(C)(C(=O)Nc1ccc(F)c(Cl)c1)C(=O)Nc1c(F)cccc1F. The van der Waals surface area contributed by atoms with Crippen molar-refractivity contribution in [3.8, 4) is 0 Å². The summed E-state index contributed by atoms with van der Waals surface area (Å²) in [6.07, 6.45) is 0. The maximum absolute atomic E-state index is 13.6. The average molecular weight is 371 g/mol. The van der Waals surface area contributed by atoms with E-state index in [0.717, 1.165) is 24.3 Å². The van der Waals surface area contributed by atoms with Crippen LogP contribution in [0.4, 0.5) is 24.5 Å². The van der Waals surface area contributed by atoms with Crippen molar-refractivity contribution in [3.05, 3.63) is 58.9 Å². The fourth-order valence-electron chi connectivity index (χ4n) is 1.85. The van der Waals surface area contributed by atoms with Gasteiger partial charge in [0.2, 0.25) is 11.8 Å². The summed E-state index contributed by atoms with van der Waals surface area (Å²) < 4.78 is 40.4. The molecule has 0 saturated carbocycles. The summed E-state index contributed by atoms with van der Waals surface area (Å²) in [4.78, 5) is 24.6. The van der Waals surface area contributed by atoms with Gasteiger partial charge in [-0.2, -0.15) is 0 Å². The quantitative estimate of drug-likeness (QED) is 0.785. The van der Waals surface area contributed by atoms with Crippen LogP contribution in [0.5, 0.6) is 0 Å². The maximum Gasteiger partial charge on any atom is 0.239 e. The molecule has 0 heterocycles. The van der Waals surface area contributed by atoms with E-state index in [9.17, 15) is 22.8 Å². The van der Waals surface area contributed by atoms with Gasteiger partial charge in [0.05, 0.1) is 5.02 Å². The van der Waals surface area contributed by atoms with Crippen LogP contribution in [-0.4, -0.2) is 11.8 Å². The Morgan fingerprint density at radius 1 is 0.920 bits per heavy atom. The van der Waals surface area contributed by atoms with E-state index >= 15 is 0 Å². The van der Waals surface area contributed by atoms with Crippen LogP contribution < -0.4 is 10.6 Å². The largest absolute Gasteiger partial charge is 0.325 e. The van der Waals surface area contributed by atoms with Gasteiger partial charge in [0.25, 0.3) is 0 Å². The zero-order valence-corrected chi connectivity index (χ0v) is 14.0. The minimum Gasteiger partial charge on any atom is -0.325 e. The minimum atomic E-state index is -1.67. The molecule has 0 aliphatic heterocycles. The van der Waals surface area contributed by atoms with Gasteiger partial charge < -0.3 is 10.6 Å². The molecule has 0 aromatic heterocycles. The summed E-state index contributed by atoms with van der Waals surface area (Å²) in [6, 6.07) is 6.61. The normalized spacial score (nSPS) is 11.1. The first-order chi connectivity index (χ1) is 11.6. The molecule has 2 amide bonds. The van der Waals surface area contributed by atoms with E-state index in [2.05, 4.69) is 10.6 Å². The fourth-order valence-corrected chi connectivity index (χ4v) is 2.03. The predicted molar refractivity (Wildman–Crippen MR) is 88.8 cm³/mol. The van der Waals surface area contributed by atoms with Crippen LogP contribution >= 0.6 is 11.6 Å². The Morgan fingerprint density at radius 3 is 2.04 bits per heavy atom. The molecule has 0 radical (unpaired) electrons. The van der Waals surface area contributed by atoms with E-state index in [0.29, 0.717) is 0 Å². The van der Waals surface area contributed by atoms with Crippen LogP contribution in [0.25, 0.3) is 0 Å². The number of benzene rings is 2. The van der Waals surface area contributed by atoms with Crippen molar-refractivity contribution >= 4 is 34.8 Å². The topological polar surface area (TPSA) is 58.2 Å². The summed E-state index contributed by atoms with van der Waals surface area (Å²) in [5.41, 5.74) is -2.14. The zero-order chi connectivity index (χ0) is 18.8. The molecule has 8 heteroatoms. The summed E-state index contributed by atoms with van der Waals surface area (Å²) in [5, 5.41) is 4.28. The number of halogens is 4. The Morgan fingerprint density at radius 2 is 1.48 bits per heavy atom. The van der Waals surface area contributed by atoms with Crippen LogP contribution in [0.15, 0.2) is 36.4 Å². The van der Waals surface area contributed by atoms with Gasteiger partial charge in [-0.05, 0) is 44.2 Å². The van der Waals surface area contributed by atoms with Gasteiger partial charge in [-0.3, -0.25) is 9.59 Å². The van der Waals surface area contributed by atoms with Crippen LogP contribution in [0.3, 0.4) is 0 Å². The van der Waals surface area contributed by atoms with E-state index in [1.807, 2.05) is 0 Å². The monoisotopic (exact) mass is 370 g/mol. The lowest BCUT2D eigenvalue weighted by molar-refractivity contribution is -0.135. The summed E-state index contributed by atoms with van der Waals surface area (Å²) in [6.45, 7) is 2.56. The maximum atomic E-state index is 13.6. The van der Waals surface area contributed by atoms with Crippen LogP contribution in [-0.2, 0) is 9.59 Å². The van der Waals surface area contributed by atoms with Gasteiger partial charge in [-0.1, -0.05) is 17.7 Å². The number of amides is 2. The molecule has 2 N–H and O–H groups in total. The molecule has 0 aliphatic carbocycles. The van der Waals surface area contributed by atoms with Gasteiger partial charge >= 0.3 is 0 Å². The molecule has 0 atom stereocenters. The number of hydrogen-bond donors (Lipinski definition) is 2. The molecule has 25 heavy (non-hydrogen) atoms. The van der Waals surface area contributed by atoms with Crippen molar-refractivity contribution in [1.82, 2.24) is 0 Å². The number of anilines is 2. The summed E-state index contributed by atoms with van der Waals surface area (Å²) in [5.74, 6) is -4.26. The van der Waals surface area contributed by atoms with Gasteiger partial charge in [-0.25, -0.2) is 13.2 Å². The van der Waals surface area contributed by atoms with Gasteiger partial charge in [-0.15, -0.1) is 0 Å². The third-order valence-corrected chi connectivity index (χ3v) is 3.80. The molecule has 4 nitrogen and oxygen atoms in total. The van der Waals surface area contributed by atoms with Crippen LogP contribution in [0.2, 0.25) is 5.02 Å². The van der Waals surface area contributed by atoms with E-state index in [1.165, 1.54) is 26.0 Å². The van der Waals surface area contributed by atoms with Gasteiger partial charge in [0, 0.05) is 5.69 Å². The summed E-state index contributed by atoms with van der Waals surface area (Å²) >= 11 is 5.63. The second-order valence-electron chi connectivity index (χ2n) is 5.76. The van der Waals surface area contributed by atoms with Crippen LogP contribution in [0.1, 0.15) is 13.8 Å². The fraction of sp³-hybridized carbons (Fsp3) is 0.176. The van der Waals surface area contributed by atoms with Crippen molar-refractivity contribution in [2.45, 2.75) is 13.8 Å². The lowest BCUT2D eigenvalue weighted by atomic mass is 9.90. The van der Waals surface area contributed by atoms with E-state index < -0.39 is 40.4 Å². The first-order valence-corrected chi connectivity index (χ1v) is 7.52. The van der Waals surface area contributed by atoms with Crippen molar-refractivity contribution < 1.29 is 22.8 Å². The van der Waals surface area contributed by atoms with Gasteiger partial charge in [0.1, 0.15) is 28.6 Å². The molecule has 2 aromatic rings. The number of nitrogens with one attached hydrogen (secondary N) is 2. The number of para-hydroxylation sites is 1. The second kappa shape index (κ2) is 7.14. The van der Waals surface area contributed by atoms with Crippen molar-refractivity contribution in [1.29, 1.82) is 0 Å². The highest BCUT2D eigenvalue weighted by molar-refractivity contribution is 6.31. The Kier molecular flexibility index (Phi) is 5.37. The molecule has 0 unspecified atom stereocenters. The number of carbonyl (C=O) groups excluding carboxylic acids is 2.